The summed E-state index contributed by atoms with van der Waals surface area (Å²) in [5, 5.41) is 0. The number of nitrogens with zero attached hydrogens (tertiary/aromatic N) is 1. The van der Waals surface area contributed by atoms with Crippen molar-refractivity contribution < 1.29 is 9.53 Å². The number of Topliss-reactive ketones (excluding diaryl/α,β-unsaturated/α-hetero) is 1. The lowest BCUT2D eigenvalue weighted by Gasteiger charge is -2.31. The van der Waals surface area contributed by atoms with Gasteiger partial charge in [0.15, 0.2) is 0 Å². The Kier molecular flexibility index (Phi) is 6.65. The molecule has 0 amide bonds. The molecule has 1 aliphatic heterocycles. The molecule has 0 aliphatic carbocycles. The fourth-order valence-electron chi connectivity index (χ4n) is 2.24. The minimum Gasteiger partial charge on any atom is -0.378 e. The molecule has 1 heterocycles. The van der Waals surface area contributed by atoms with Crippen LogP contribution >= 0.6 is 0 Å². The number of ether oxygens (including phenoxy) is 1. The molecule has 0 N–H and O–H groups in total. The van der Waals surface area contributed by atoms with E-state index < -0.39 is 0 Å². The van der Waals surface area contributed by atoms with Crippen molar-refractivity contribution in [3.8, 4) is 0 Å². The van der Waals surface area contributed by atoms with Gasteiger partial charge in [0.25, 0.3) is 0 Å². The number of ketones is 1. The summed E-state index contributed by atoms with van der Waals surface area (Å²) >= 11 is 0. The van der Waals surface area contributed by atoms with Crippen molar-refractivity contribution >= 4 is 5.78 Å². The van der Waals surface area contributed by atoms with E-state index in [4.69, 9.17) is 4.74 Å². The molecule has 1 aliphatic rings. The molecule has 94 valence electrons. The van der Waals surface area contributed by atoms with Gasteiger partial charge < -0.3 is 14.4 Å². The third kappa shape index (κ3) is 5.61. The number of likely N-dealkylation sites (tertiary alicyclic amines) is 1. The van der Waals surface area contributed by atoms with Gasteiger partial charge in [-0.3, -0.25) is 0 Å². The number of piperidine rings is 1. The summed E-state index contributed by atoms with van der Waals surface area (Å²) in [6.07, 6.45) is 5.76. The average Bonchev–Trinajstić information content (AvgIpc) is 2.27. The van der Waals surface area contributed by atoms with Crippen molar-refractivity contribution in [2.24, 2.45) is 0 Å². The van der Waals surface area contributed by atoms with Crippen LogP contribution in [0.3, 0.4) is 0 Å². The van der Waals surface area contributed by atoms with Gasteiger partial charge in [-0.05, 0) is 46.1 Å². The van der Waals surface area contributed by atoms with E-state index in [1.807, 2.05) is 0 Å². The van der Waals surface area contributed by atoms with Gasteiger partial charge in [-0.1, -0.05) is 0 Å². The third-order valence-electron chi connectivity index (χ3n) is 3.19. The minimum absolute atomic E-state index is 0.315. The Morgan fingerprint density at radius 3 is 2.56 bits per heavy atom. The fourth-order valence-corrected chi connectivity index (χ4v) is 2.24. The SMILES string of the molecule is CCOC1CCN(CCCCC(C)=O)CC1. The highest BCUT2D eigenvalue weighted by molar-refractivity contribution is 5.75. The van der Waals surface area contributed by atoms with Gasteiger partial charge in [0.05, 0.1) is 6.10 Å². The van der Waals surface area contributed by atoms with Crippen LogP contribution in [0.1, 0.15) is 46.0 Å². The van der Waals surface area contributed by atoms with Gasteiger partial charge >= 0.3 is 0 Å². The second-order valence-electron chi connectivity index (χ2n) is 4.66. The summed E-state index contributed by atoms with van der Waals surface area (Å²) in [6.45, 7) is 8.03. The van der Waals surface area contributed by atoms with E-state index in [1.165, 1.54) is 12.8 Å². The Balaban J connectivity index is 2.01. The quantitative estimate of drug-likeness (QED) is 0.625. The molecule has 3 heteroatoms. The van der Waals surface area contributed by atoms with E-state index in [-0.39, 0.29) is 0 Å². The van der Waals surface area contributed by atoms with E-state index in [9.17, 15) is 4.79 Å². The Morgan fingerprint density at radius 1 is 1.31 bits per heavy atom. The van der Waals surface area contributed by atoms with Gasteiger partial charge in [0, 0.05) is 26.1 Å². The van der Waals surface area contributed by atoms with Crippen molar-refractivity contribution in [1.82, 2.24) is 4.90 Å². The van der Waals surface area contributed by atoms with E-state index in [0.29, 0.717) is 11.9 Å². The first-order chi connectivity index (χ1) is 7.72. The van der Waals surface area contributed by atoms with Gasteiger partial charge in [0.2, 0.25) is 0 Å². The molecule has 0 saturated carbocycles. The van der Waals surface area contributed by atoms with Crippen molar-refractivity contribution in [2.45, 2.75) is 52.1 Å². The first kappa shape index (κ1) is 13.7. The Morgan fingerprint density at radius 2 is 2.00 bits per heavy atom. The Bertz CT molecular complexity index is 198. The number of carbonyl (C=O) groups is 1. The van der Waals surface area contributed by atoms with Crippen molar-refractivity contribution in [3.05, 3.63) is 0 Å². The van der Waals surface area contributed by atoms with Crippen LogP contribution in [-0.2, 0) is 9.53 Å². The van der Waals surface area contributed by atoms with Crippen LogP contribution in [0.15, 0.2) is 0 Å². The van der Waals surface area contributed by atoms with Crippen LogP contribution in [0.2, 0.25) is 0 Å². The zero-order valence-electron chi connectivity index (χ0n) is 10.7. The maximum atomic E-state index is 10.8. The Labute approximate surface area is 99.1 Å². The zero-order valence-corrected chi connectivity index (χ0v) is 10.7. The normalized spacial score (nSPS) is 18.9. The third-order valence-corrected chi connectivity index (χ3v) is 3.19. The highest BCUT2D eigenvalue weighted by atomic mass is 16.5. The molecule has 1 fully saturated rings. The Hall–Kier alpha value is -0.410. The molecular weight excluding hydrogens is 202 g/mol. The monoisotopic (exact) mass is 227 g/mol. The van der Waals surface area contributed by atoms with Crippen LogP contribution in [-0.4, -0.2) is 43.0 Å². The molecule has 16 heavy (non-hydrogen) atoms. The molecule has 0 aromatic heterocycles. The zero-order chi connectivity index (χ0) is 11.8. The van der Waals surface area contributed by atoms with Crippen molar-refractivity contribution in [1.29, 1.82) is 0 Å². The van der Waals surface area contributed by atoms with E-state index in [0.717, 1.165) is 45.5 Å². The molecule has 0 radical (unpaired) electrons. The molecule has 0 unspecified atom stereocenters. The van der Waals surface area contributed by atoms with Gasteiger partial charge in [0.1, 0.15) is 5.78 Å². The topological polar surface area (TPSA) is 29.5 Å². The molecule has 0 atom stereocenters. The predicted molar refractivity (Wildman–Crippen MR) is 65.6 cm³/mol. The first-order valence-corrected chi connectivity index (χ1v) is 6.55. The molecule has 0 bridgehead atoms. The fraction of sp³-hybridized carbons (Fsp3) is 0.923. The average molecular weight is 227 g/mol. The lowest BCUT2D eigenvalue weighted by atomic mass is 10.1. The van der Waals surface area contributed by atoms with Gasteiger partial charge in [-0.2, -0.15) is 0 Å². The van der Waals surface area contributed by atoms with Crippen LogP contribution in [0, 0.1) is 0 Å². The van der Waals surface area contributed by atoms with Gasteiger partial charge in [-0.15, -0.1) is 0 Å². The second kappa shape index (κ2) is 7.80. The highest BCUT2D eigenvalue weighted by Crippen LogP contribution is 2.14. The van der Waals surface area contributed by atoms with Crippen LogP contribution in [0.5, 0.6) is 0 Å². The van der Waals surface area contributed by atoms with Crippen LogP contribution < -0.4 is 0 Å². The van der Waals surface area contributed by atoms with Crippen molar-refractivity contribution in [2.75, 3.05) is 26.2 Å². The predicted octanol–water partition coefficient (Wildman–Crippen LogP) is 2.25. The first-order valence-electron chi connectivity index (χ1n) is 6.55. The van der Waals surface area contributed by atoms with Crippen LogP contribution in [0.4, 0.5) is 0 Å². The highest BCUT2D eigenvalue weighted by Gasteiger charge is 2.18. The summed E-state index contributed by atoms with van der Waals surface area (Å²) in [6, 6.07) is 0. The molecular formula is C13H25NO2. The number of rotatable bonds is 7. The minimum atomic E-state index is 0.315. The van der Waals surface area contributed by atoms with Crippen LogP contribution in [0.25, 0.3) is 0 Å². The van der Waals surface area contributed by atoms with Gasteiger partial charge in [-0.25, -0.2) is 0 Å². The number of carbonyl (C=O) groups excluding carboxylic acids is 1. The standard InChI is InChI=1S/C13H25NO2/c1-3-16-13-7-10-14(11-8-13)9-5-4-6-12(2)15/h13H,3-11H2,1-2H3. The van der Waals surface area contributed by atoms with E-state index in [1.54, 1.807) is 6.92 Å². The number of unbranched alkanes of at least 4 members (excludes halogenated alkanes) is 1. The molecule has 3 nitrogen and oxygen atoms in total. The summed E-state index contributed by atoms with van der Waals surface area (Å²) in [5.74, 6) is 0.315. The number of hydrogen-bond acceptors (Lipinski definition) is 3. The van der Waals surface area contributed by atoms with E-state index >= 15 is 0 Å². The maximum absolute atomic E-state index is 10.8. The summed E-state index contributed by atoms with van der Waals surface area (Å²) in [5.41, 5.74) is 0. The van der Waals surface area contributed by atoms with Crippen molar-refractivity contribution in [3.63, 3.8) is 0 Å². The molecule has 0 spiro atoms. The summed E-state index contributed by atoms with van der Waals surface area (Å²) < 4.78 is 5.62. The lowest BCUT2D eigenvalue weighted by molar-refractivity contribution is -0.117. The summed E-state index contributed by atoms with van der Waals surface area (Å²) in [7, 11) is 0. The molecule has 0 aromatic carbocycles. The maximum Gasteiger partial charge on any atom is 0.129 e. The second-order valence-corrected chi connectivity index (χ2v) is 4.66. The lowest BCUT2D eigenvalue weighted by Crippen LogP contribution is -2.37. The van der Waals surface area contributed by atoms with E-state index in [2.05, 4.69) is 11.8 Å². The number of hydrogen-bond donors (Lipinski definition) is 0. The molecule has 0 aromatic rings. The molecule has 1 saturated heterocycles. The largest absolute Gasteiger partial charge is 0.378 e. The smallest absolute Gasteiger partial charge is 0.129 e. The summed E-state index contributed by atoms with van der Waals surface area (Å²) in [4.78, 5) is 13.3. The molecule has 1 rings (SSSR count).